The average Bonchev–Trinajstić information content (AvgIpc) is 3.05. The fraction of sp³-hybridized carbons (Fsp3) is 0.583. The Labute approximate surface area is 105 Å². The van der Waals surface area contributed by atoms with Crippen molar-refractivity contribution < 1.29 is 4.74 Å². The smallest absolute Gasteiger partial charge is 0.178 e. The van der Waals surface area contributed by atoms with E-state index in [4.69, 9.17) is 4.74 Å². The van der Waals surface area contributed by atoms with E-state index in [0.29, 0.717) is 6.10 Å². The molecule has 1 N–H and O–H groups in total. The molecule has 0 spiro atoms. The predicted molar refractivity (Wildman–Crippen MR) is 67.6 cm³/mol. The lowest BCUT2D eigenvalue weighted by atomic mass is 10.2. The Kier molecular flexibility index (Phi) is 3.10. The number of hydrogen-bond donors (Lipinski definition) is 1. The molecule has 0 bridgehead atoms. The lowest BCUT2D eigenvalue weighted by Gasteiger charge is -2.11. The maximum Gasteiger partial charge on any atom is 0.178 e. The molecule has 18 heavy (non-hydrogen) atoms. The highest BCUT2D eigenvalue weighted by Crippen LogP contribution is 2.13. The Morgan fingerprint density at radius 3 is 3.17 bits per heavy atom. The first-order valence-electron chi connectivity index (χ1n) is 6.43. The van der Waals surface area contributed by atoms with E-state index < -0.39 is 0 Å². The molecule has 0 radical (unpaired) electrons. The first-order chi connectivity index (χ1) is 8.86. The minimum absolute atomic E-state index is 0.314. The highest BCUT2D eigenvalue weighted by atomic mass is 16.5. The zero-order valence-corrected chi connectivity index (χ0v) is 10.5. The quantitative estimate of drug-likeness (QED) is 0.881. The van der Waals surface area contributed by atoms with Crippen molar-refractivity contribution in [2.75, 3.05) is 18.5 Å². The van der Waals surface area contributed by atoms with Crippen LogP contribution in [0.25, 0.3) is 5.65 Å². The van der Waals surface area contributed by atoms with Gasteiger partial charge in [0, 0.05) is 19.6 Å². The largest absolute Gasteiger partial charge is 0.376 e. The van der Waals surface area contributed by atoms with Crippen molar-refractivity contribution in [1.29, 1.82) is 0 Å². The Hall–Kier alpha value is -1.69. The molecule has 0 aliphatic carbocycles. The van der Waals surface area contributed by atoms with Gasteiger partial charge in [-0.25, -0.2) is 0 Å². The van der Waals surface area contributed by atoms with Crippen molar-refractivity contribution >= 4 is 11.5 Å². The molecule has 96 valence electrons. The normalized spacial score (nSPS) is 19.5. The Bertz CT molecular complexity index is 532. The van der Waals surface area contributed by atoms with Crippen molar-refractivity contribution in [2.24, 2.45) is 0 Å². The van der Waals surface area contributed by atoms with E-state index in [1.165, 1.54) is 0 Å². The molecule has 1 atom stereocenters. The third kappa shape index (κ3) is 2.15. The van der Waals surface area contributed by atoms with Crippen LogP contribution < -0.4 is 5.32 Å². The summed E-state index contributed by atoms with van der Waals surface area (Å²) in [5, 5.41) is 16.0. The van der Waals surface area contributed by atoms with Gasteiger partial charge in [0.05, 0.1) is 6.10 Å². The predicted octanol–water partition coefficient (Wildman–Crippen LogP) is 1.28. The number of fused-ring (bicyclic) bond motifs is 1. The fourth-order valence-corrected chi connectivity index (χ4v) is 2.17. The van der Waals surface area contributed by atoms with Gasteiger partial charge in [0.1, 0.15) is 5.82 Å². The number of rotatable bonds is 4. The van der Waals surface area contributed by atoms with Gasteiger partial charge in [0.2, 0.25) is 0 Å². The van der Waals surface area contributed by atoms with E-state index in [-0.39, 0.29) is 0 Å². The third-order valence-corrected chi connectivity index (χ3v) is 3.18. The molecule has 6 nitrogen and oxygen atoms in total. The summed E-state index contributed by atoms with van der Waals surface area (Å²) in [7, 11) is 0. The standard InChI is InChI=1S/C12H17N5O/c1-2-11-14-15-12-6-5-10(16-17(11)12)13-8-9-4-3-7-18-9/h5-6,9H,2-4,7-8H2,1H3,(H,13,16)/t9-/m0/s1. The number of aryl methyl sites for hydroxylation is 1. The summed E-state index contributed by atoms with van der Waals surface area (Å²) in [5.41, 5.74) is 0.787. The summed E-state index contributed by atoms with van der Waals surface area (Å²) >= 11 is 0. The van der Waals surface area contributed by atoms with Crippen molar-refractivity contribution in [1.82, 2.24) is 19.8 Å². The van der Waals surface area contributed by atoms with Gasteiger partial charge in [-0.2, -0.15) is 4.52 Å². The average molecular weight is 247 g/mol. The SMILES string of the molecule is CCc1nnc2ccc(NC[C@@H]3CCCO3)nn12. The van der Waals surface area contributed by atoms with E-state index in [1.54, 1.807) is 4.52 Å². The van der Waals surface area contributed by atoms with Crippen LogP contribution in [0.2, 0.25) is 0 Å². The number of nitrogens with zero attached hydrogens (tertiary/aromatic N) is 4. The van der Waals surface area contributed by atoms with Gasteiger partial charge in [0.15, 0.2) is 11.5 Å². The molecule has 2 aromatic rings. The maximum absolute atomic E-state index is 5.57. The van der Waals surface area contributed by atoms with E-state index in [1.807, 2.05) is 19.1 Å². The second kappa shape index (κ2) is 4.89. The second-order valence-corrected chi connectivity index (χ2v) is 4.47. The lowest BCUT2D eigenvalue weighted by Crippen LogP contribution is -2.19. The molecule has 0 unspecified atom stereocenters. The summed E-state index contributed by atoms with van der Waals surface area (Å²) in [5.74, 6) is 1.72. The highest BCUT2D eigenvalue weighted by molar-refractivity contribution is 5.43. The van der Waals surface area contributed by atoms with Crippen LogP contribution >= 0.6 is 0 Å². The number of nitrogens with one attached hydrogen (secondary N) is 1. The molecular weight excluding hydrogens is 230 g/mol. The summed E-state index contributed by atoms with van der Waals surface area (Å²) < 4.78 is 7.36. The molecule has 3 rings (SSSR count). The van der Waals surface area contributed by atoms with E-state index >= 15 is 0 Å². The zero-order valence-electron chi connectivity index (χ0n) is 10.5. The molecule has 0 aromatic carbocycles. The number of ether oxygens (including phenoxy) is 1. The molecule has 1 aliphatic rings. The molecule has 0 saturated carbocycles. The topological polar surface area (TPSA) is 64.3 Å². The van der Waals surface area contributed by atoms with Gasteiger partial charge in [-0.1, -0.05) is 6.92 Å². The summed E-state index contributed by atoms with van der Waals surface area (Å²) in [6.07, 6.45) is 3.42. The van der Waals surface area contributed by atoms with E-state index in [2.05, 4.69) is 20.6 Å². The van der Waals surface area contributed by atoms with Crippen LogP contribution in [0.1, 0.15) is 25.6 Å². The number of anilines is 1. The molecular formula is C12H17N5O. The van der Waals surface area contributed by atoms with Crippen molar-refractivity contribution in [3.05, 3.63) is 18.0 Å². The van der Waals surface area contributed by atoms with Gasteiger partial charge >= 0.3 is 0 Å². The van der Waals surface area contributed by atoms with Crippen molar-refractivity contribution in [2.45, 2.75) is 32.3 Å². The maximum atomic E-state index is 5.57. The van der Waals surface area contributed by atoms with Crippen LogP contribution in [0.5, 0.6) is 0 Å². The zero-order chi connectivity index (χ0) is 12.4. The molecule has 1 aliphatic heterocycles. The second-order valence-electron chi connectivity index (χ2n) is 4.47. The molecule has 2 aromatic heterocycles. The fourth-order valence-electron chi connectivity index (χ4n) is 2.17. The molecule has 1 saturated heterocycles. The molecule has 1 fully saturated rings. The summed E-state index contributed by atoms with van der Waals surface area (Å²) in [6.45, 7) is 3.73. The minimum Gasteiger partial charge on any atom is -0.376 e. The van der Waals surface area contributed by atoms with E-state index in [0.717, 1.165) is 49.7 Å². The minimum atomic E-state index is 0.314. The van der Waals surface area contributed by atoms with Crippen LogP contribution in [0.4, 0.5) is 5.82 Å². The summed E-state index contributed by atoms with van der Waals surface area (Å²) in [6, 6.07) is 3.86. The van der Waals surface area contributed by atoms with Gasteiger partial charge < -0.3 is 10.1 Å². The first-order valence-corrected chi connectivity index (χ1v) is 6.43. The number of aromatic nitrogens is 4. The molecule has 3 heterocycles. The third-order valence-electron chi connectivity index (χ3n) is 3.18. The van der Waals surface area contributed by atoms with Gasteiger partial charge in [-0.05, 0) is 25.0 Å². The Morgan fingerprint density at radius 2 is 2.39 bits per heavy atom. The monoisotopic (exact) mass is 247 g/mol. The van der Waals surface area contributed by atoms with E-state index in [9.17, 15) is 0 Å². The van der Waals surface area contributed by atoms with Crippen LogP contribution in [-0.4, -0.2) is 39.1 Å². The van der Waals surface area contributed by atoms with Crippen LogP contribution in [0.15, 0.2) is 12.1 Å². The highest BCUT2D eigenvalue weighted by Gasteiger charge is 2.15. The van der Waals surface area contributed by atoms with Gasteiger partial charge in [-0.15, -0.1) is 15.3 Å². The van der Waals surface area contributed by atoms with Gasteiger partial charge in [-0.3, -0.25) is 0 Å². The number of hydrogen-bond acceptors (Lipinski definition) is 5. The Morgan fingerprint density at radius 1 is 1.44 bits per heavy atom. The molecule has 0 amide bonds. The Balaban J connectivity index is 1.75. The van der Waals surface area contributed by atoms with Gasteiger partial charge in [0.25, 0.3) is 0 Å². The van der Waals surface area contributed by atoms with Crippen LogP contribution in [0.3, 0.4) is 0 Å². The van der Waals surface area contributed by atoms with Crippen molar-refractivity contribution in [3.63, 3.8) is 0 Å². The van der Waals surface area contributed by atoms with Crippen molar-refractivity contribution in [3.8, 4) is 0 Å². The lowest BCUT2D eigenvalue weighted by molar-refractivity contribution is 0.120. The molecule has 6 heteroatoms. The first kappa shape index (κ1) is 11.4. The van der Waals surface area contributed by atoms with Crippen LogP contribution in [0, 0.1) is 0 Å². The summed E-state index contributed by atoms with van der Waals surface area (Å²) in [4.78, 5) is 0. The van der Waals surface area contributed by atoms with Crippen LogP contribution in [-0.2, 0) is 11.2 Å².